The third-order valence-corrected chi connectivity index (χ3v) is 5.06. The highest BCUT2D eigenvalue weighted by molar-refractivity contribution is 8.00. The Morgan fingerprint density at radius 3 is 2.55 bits per heavy atom. The number of amides is 4. The van der Waals surface area contributed by atoms with Crippen LogP contribution in [0.15, 0.2) is 59.5 Å². The molecule has 29 heavy (non-hydrogen) atoms. The molecule has 3 rings (SSSR count). The molecule has 0 bridgehead atoms. The van der Waals surface area contributed by atoms with Gasteiger partial charge in [-0.05, 0) is 17.7 Å². The monoisotopic (exact) mass is 413 g/mol. The number of para-hydroxylation sites is 1. The summed E-state index contributed by atoms with van der Waals surface area (Å²) in [7, 11) is 0. The van der Waals surface area contributed by atoms with Gasteiger partial charge in [0.2, 0.25) is 5.91 Å². The van der Waals surface area contributed by atoms with Crippen molar-refractivity contribution < 1.29 is 23.9 Å². The zero-order valence-corrected chi connectivity index (χ0v) is 16.2. The molecule has 1 heterocycles. The van der Waals surface area contributed by atoms with Crippen LogP contribution in [0.5, 0.6) is 0 Å². The maximum atomic E-state index is 12.1. The quantitative estimate of drug-likeness (QED) is 0.699. The lowest BCUT2D eigenvalue weighted by atomic mass is 10.2. The Labute approximate surface area is 171 Å². The van der Waals surface area contributed by atoms with Crippen LogP contribution < -0.4 is 15.5 Å². The predicted octanol–water partition coefficient (Wildman–Crippen LogP) is 1.69. The molecule has 0 spiro atoms. The summed E-state index contributed by atoms with van der Waals surface area (Å²) in [6, 6.07) is 15.8. The fraction of sp³-hybridized carbons (Fsp3) is 0.200. The normalized spacial score (nSPS) is 12.7. The van der Waals surface area contributed by atoms with Gasteiger partial charge in [-0.3, -0.25) is 24.6 Å². The van der Waals surface area contributed by atoms with Crippen molar-refractivity contribution in [2.24, 2.45) is 0 Å². The molecule has 0 saturated heterocycles. The molecule has 2 aromatic carbocycles. The maximum Gasteiger partial charge on any atom is 0.326 e. The molecule has 8 nitrogen and oxygen atoms in total. The number of rotatable bonds is 6. The van der Waals surface area contributed by atoms with Gasteiger partial charge in [0.25, 0.3) is 5.91 Å². The van der Waals surface area contributed by atoms with Crippen LogP contribution in [-0.2, 0) is 25.7 Å². The van der Waals surface area contributed by atoms with Gasteiger partial charge in [0.15, 0.2) is 6.61 Å². The van der Waals surface area contributed by atoms with Crippen LogP contribution in [0.4, 0.5) is 10.5 Å². The Morgan fingerprint density at radius 2 is 1.76 bits per heavy atom. The van der Waals surface area contributed by atoms with Crippen molar-refractivity contribution in [1.29, 1.82) is 0 Å². The van der Waals surface area contributed by atoms with Crippen molar-refractivity contribution in [2.45, 2.75) is 11.4 Å². The standard InChI is InChI=1S/C20H19N3O5S/c24-17(22-20(27)21-10-14-6-2-1-3-7-14)12-28-19(26)11-23-15-8-4-5-9-16(15)29-13-18(23)25/h1-9H,10-13H2,(H2,21,22,24,27). The van der Waals surface area contributed by atoms with E-state index < -0.39 is 24.5 Å². The number of hydrogen-bond acceptors (Lipinski definition) is 6. The van der Waals surface area contributed by atoms with E-state index in [2.05, 4.69) is 10.6 Å². The average molecular weight is 413 g/mol. The number of urea groups is 1. The smallest absolute Gasteiger partial charge is 0.326 e. The summed E-state index contributed by atoms with van der Waals surface area (Å²) in [6.45, 7) is -0.659. The van der Waals surface area contributed by atoms with Crippen LogP contribution in [0.2, 0.25) is 0 Å². The molecule has 0 atom stereocenters. The van der Waals surface area contributed by atoms with Gasteiger partial charge in [0, 0.05) is 11.4 Å². The van der Waals surface area contributed by atoms with Gasteiger partial charge in [-0.2, -0.15) is 0 Å². The van der Waals surface area contributed by atoms with E-state index in [4.69, 9.17) is 4.74 Å². The average Bonchev–Trinajstić information content (AvgIpc) is 2.73. The number of carbonyl (C=O) groups excluding carboxylic acids is 4. The second kappa shape index (κ2) is 9.74. The van der Waals surface area contributed by atoms with E-state index in [0.29, 0.717) is 5.69 Å². The molecular weight excluding hydrogens is 394 g/mol. The Balaban J connectivity index is 1.43. The summed E-state index contributed by atoms with van der Waals surface area (Å²) in [4.78, 5) is 49.9. The zero-order chi connectivity index (χ0) is 20.6. The first-order valence-electron chi connectivity index (χ1n) is 8.82. The van der Waals surface area contributed by atoms with Crippen LogP contribution in [-0.4, -0.2) is 42.7 Å². The van der Waals surface area contributed by atoms with E-state index in [0.717, 1.165) is 10.5 Å². The lowest BCUT2D eigenvalue weighted by Gasteiger charge is -2.27. The molecule has 2 N–H and O–H groups in total. The number of carbonyl (C=O) groups is 4. The Kier molecular flexibility index (Phi) is 6.85. The highest BCUT2D eigenvalue weighted by Crippen LogP contribution is 2.34. The molecule has 0 unspecified atom stereocenters. The van der Waals surface area contributed by atoms with Crippen molar-refractivity contribution in [1.82, 2.24) is 10.6 Å². The van der Waals surface area contributed by atoms with Crippen LogP contribution in [0.1, 0.15) is 5.56 Å². The molecule has 2 aromatic rings. The number of thioether (sulfide) groups is 1. The first kappa shape index (κ1) is 20.4. The third kappa shape index (κ3) is 5.82. The van der Waals surface area contributed by atoms with E-state index in [1.807, 2.05) is 42.5 Å². The minimum absolute atomic E-state index is 0.213. The minimum Gasteiger partial charge on any atom is -0.454 e. The van der Waals surface area contributed by atoms with Crippen LogP contribution in [0, 0.1) is 0 Å². The van der Waals surface area contributed by atoms with Gasteiger partial charge in [-0.1, -0.05) is 42.5 Å². The number of imide groups is 1. The SMILES string of the molecule is O=C(COC(=O)CN1C(=O)CSc2ccccc21)NC(=O)NCc1ccccc1. The van der Waals surface area contributed by atoms with Gasteiger partial charge in [0.05, 0.1) is 11.4 Å². The molecule has 150 valence electrons. The first-order valence-corrected chi connectivity index (χ1v) is 9.81. The minimum atomic E-state index is -0.759. The molecular formula is C20H19N3O5S. The first-order chi connectivity index (χ1) is 14.0. The van der Waals surface area contributed by atoms with Gasteiger partial charge in [0.1, 0.15) is 6.54 Å². The molecule has 4 amide bonds. The summed E-state index contributed by atoms with van der Waals surface area (Å²) in [5, 5.41) is 4.62. The maximum absolute atomic E-state index is 12.1. The Morgan fingerprint density at radius 1 is 1.03 bits per heavy atom. The number of anilines is 1. The van der Waals surface area contributed by atoms with E-state index in [1.54, 1.807) is 12.1 Å². The predicted molar refractivity (Wildman–Crippen MR) is 107 cm³/mol. The molecule has 0 saturated carbocycles. The van der Waals surface area contributed by atoms with Gasteiger partial charge >= 0.3 is 12.0 Å². The topological polar surface area (TPSA) is 105 Å². The summed E-state index contributed by atoms with van der Waals surface area (Å²) in [5.74, 6) is -1.48. The van der Waals surface area contributed by atoms with E-state index in [9.17, 15) is 19.2 Å². The van der Waals surface area contributed by atoms with Crippen LogP contribution in [0.3, 0.4) is 0 Å². The van der Waals surface area contributed by atoms with Crippen LogP contribution in [0.25, 0.3) is 0 Å². The number of hydrogen-bond donors (Lipinski definition) is 2. The van der Waals surface area contributed by atoms with Gasteiger partial charge in [-0.15, -0.1) is 11.8 Å². The summed E-state index contributed by atoms with van der Waals surface area (Å²) in [5.41, 5.74) is 1.52. The lowest BCUT2D eigenvalue weighted by Crippen LogP contribution is -2.43. The fourth-order valence-corrected chi connectivity index (χ4v) is 3.57. The molecule has 9 heteroatoms. The second-order valence-corrected chi connectivity index (χ2v) is 7.13. The number of benzene rings is 2. The molecule has 1 aliphatic heterocycles. The zero-order valence-electron chi connectivity index (χ0n) is 15.4. The Hall–Kier alpha value is -3.33. The molecule has 1 aliphatic rings. The molecule has 0 fully saturated rings. The lowest BCUT2D eigenvalue weighted by molar-refractivity contribution is -0.147. The number of nitrogens with one attached hydrogen (secondary N) is 2. The number of esters is 1. The highest BCUT2D eigenvalue weighted by atomic mass is 32.2. The Bertz CT molecular complexity index is 919. The van der Waals surface area contributed by atoms with E-state index >= 15 is 0 Å². The van der Waals surface area contributed by atoms with Gasteiger partial charge < -0.3 is 10.1 Å². The number of nitrogens with zero attached hydrogens (tertiary/aromatic N) is 1. The van der Waals surface area contributed by atoms with Crippen molar-refractivity contribution in [3.8, 4) is 0 Å². The second-order valence-electron chi connectivity index (χ2n) is 6.11. The molecule has 0 radical (unpaired) electrons. The number of ether oxygens (including phenoxy) is 1. The van der Waals surface area contributed by atoms with Crippen molar-refractivity contribution in [3.05, 3.63) is 60.2 Å². The van der Waals surface area contributed by atoms with Crippen molar-refractivity contribution in [2.75, 3.05) is 23.8 Å². The summed E-state index contributed by atoms with van der Waals surface area (Å²) < 4.78 is 4.90. The summed E-state index contributed by atoms with van der Waals surface area (Å²) in [6.07, 6.45) is 0. The van der Waals surface area contributed by atoms with Crippen LogP contribution >= 0.6 is 11.8 Å². The highest BCUT2D eigenvalue weighted by Gasteiger charge is 2.27. The van der Waals surface area contributed by atoms with E-state index in [-0.39, 0.29) is 24.7 Å². The van der Waals surface area contributed by atoms with Crippen molar-refractivity contribution >= 4 is 41.3 Å². The molecule has 0 aliphatic carbocycles. The third-order valence-electron chi connectivity index (χ3n) is 4.01. The van der Waals surface area contributed by atoms with E-state index in [1.165, 1.54) is 16.7 Å². The van der Waals surface area contributed by atoms with Crippen molar-refractivity contribution in [3.63, 3.8) is 0 Å². The molecule has 0 aromatic heterocycles. The largest absolute Gasteiger partial charge is 0.454 e. The number of fused-ring (bicyclic) bond motifs is 1. The van der Waals surface area contributed by atoms with Gasteiger partial charge in [-0.25, -0.2) is 4.79 Å². The fourth-order valence-electron chi connectivity index (χ4n) is 2.63. The summed E-state index contributed by atoms with van der Waals surface area (Å²) >= 11 is 1.40.